The van der Waals surface area contributed by atoms with Crippen molar-refractivity contribution in [3.05, 3.63) is 71.0 Å². The van der Waals surface area contributed by atoms with Crippen molar-refractivity contribution < 1.29 is 18.7 Å². The summed E-state index contributed by atoms with van der Waals surface area (Å²) in [5, 5.41) is 2.56. The molecular formula is C22H25FN2O3S. The van der Waals surface area contributed by atoms with E-state index in [1.54, 1.807) is 30.2 Å². The first-order chi connectivity index (χ1) is 14.0. The number of amides is 2. The summed E-state index contributed by atoms with van der Waals surface area (Å²) in [6.45, 7) is 2.92. The molecule has 0 aromatic heterocycles. The van der Waals surface area contributed by atoms with E-state index in [0.29, 0.717) is 30.9 Å². The van der Waals surface area contributed by atoms with Gasteiger partial charge in [-0.1, -0.05) is 30.3 Å². The molecule has 0 radical (unpaired) electrons. The molecule has 1 heterocycles. The molecule has 1 fully saturated rings. The van der Waals surface area contributed by atoms with Gasteiger partial charge in [-0.25, -0.2) is 4.39 Å². The van der Waals surface area contributed by atoms with Gasteiger partial charge in [0.25, 0.3) is 5.91 Å². The molecule has 0 bridgehead atoms. The number of rotatable bonds is 7. The molecule has 2 aromatic rings. The lowest BCUT2D eigenvalue weighted by Crippen LogP contribution is -2.48. The normalized spacial score (nSPS) is 18.7. The highest BCUT2D eigenvalue weighted by Crippen LogP contribution is 2.42. The third kappa shape index (κ3) is 4.97. The lowest BCUT2D eigenvalue weighted by Gasteiger charge is -2.29. The van der Waals surface area contributed by atoms with Crippen molar-refractivity contribution in [3.63, 3.8) is 0 Å². The Morgan fingerprint density at radius 1 is 1.21 bits per heavy atom. The van der Waals surface area contributed by atoms with Gasteiger partial charge in [0.05, 0.1) is 0 Å². The van der Waals surface area contributed by atoms with Crippen LogP contribution in [0.25, 0.3) is 0 Å². The highest BCUT2D eigenvalue weighted by atomic mass is 32.2. The van der Waals surface area contributed by atoms with Gasteiger partial charge in [0.2, 0.25) is 5.91 Å². The van der Waals surface area contributed by atoms with E-state index >= 15 is 0 Å². The fourth-order valence-electron chi connectivity index (χ4n) is 3.34. The summed E-state index contributed by atoms with van der Waals surface area (Å²) in [4.78, 5) is 27.9. The van der Waals surface area contributed by atoms with Crippen LogP contribution in [0.2, 0.25) is 0 Å². The van der Waals surface area contributed by atoms with Crippen LogP contribution in [0.5, 0.6) is 0 Å². The number of methoxy groups -OCH3 is 1. The molecule has 1 saturated heterocycles. The number of nitrogens with one attached hydrogen (secondary N) is 1. The van der Waals surface area contributed by atoms with Crippen LogP contribution in [-0.4, -0.2) is 48.8 Å². The molecule has 5 nitrogen and oxygen atoms in total. The van der Waals surface area contributed by atoms with Gasteiger partial charge in [0.15, 0.2) is 0 Å². The highest BCUT2D eigenvalue weighted by molar-refractivity contribution is 7.99. The highest BCUT2D eigenvalue weighted by Gasteiger charge is 2.42. The van der Waals surface area contributed by atoms with Crippen LogP contribution in [0, 0.1) is 12.7 Å². The maximum atomic E-state index is 13.4. The minimum Gasteiger partial charge on any atom is -0.385 e. The molecule has 2 aromatic carbocycles. The van der Waals surface area contributed by atoms with E-state index < -0.39 is 6.04 Å². The van der Waals surface area contributed by atoms with Crippen LogP contribution >= 0.6 is 11.8 Å². The van der Waals surface area contributed by atoms with Crippen molar-refractivity contribution in [2.75, 3.05) is 26.0 Å². The molecule has 1 aliphatic heterocycles. The first kappa shape index (κ1) is 21.3. The SMILES string of the molecule is COCCCNC(=O)C1CSC(c2ccc(F)cc2)N1C(=O)c1ccccc1C. The van der Waals surface area contributed by atoms with Gasteiger partial charge in [-0.3, -0.25) is 9.59 Å². The van der Waals surface area contributed by atoms with Crippen LogP contribution in [0.4, 0.5) is 4.39 Å². The molecule has 0 spiro atoms. The maximum Gasteiger partial charge on any atom is 0.256 e. The topological polar surface area (TPSA) is 58.6 Å². The van der Waals surface area contributed by atoms with Crippen molar-refractivity contribution >= 4 is 23.6 Å². The summed E-state index contributed by atoms with van der Waals surface area (Å²) in [5.74, 6) is -0.226. The summed E-state index contributed by atoms with van der Waals surface area (Å²) < 4.78 is 18.4. The molecule has 0 aliphatic carbocycles. The van der Waals surface area contributed by atoms with Crippen molar-refractivity contribution in [2.45, 2.75) is 24.8 Å². The first-order valence-corrected chi connectivity index (χ1v) is 10.6. The Bertz CT molecular complexity index is 859. The smallest absolute Gasteiger partial charge is 0.256 e. The van der Waals surface area contributed by atoms with Crippen LogP contribution in [0.1, 0.15) is 33.3 Å². The monoisotopic (exact) mass is 416 g/mol. The summed E-state index contributed by atoms with van der Waals surface area (Å²) in [6.07, 6.45) is 0.704. The quantitative estimate of drug-likeness (QED) is 0.702. The fraction of sp³-hybridized carbons (Fsp3) is 0.364. The number of carbonyl (C=O) groups is 2. The van der Waals surface area contributed by atoms with Crippen molar-refractivity contribution in [1.82, 2.24) is 10.2 Å². The number of nitrogens with zero attached hydrogens (tertiary/aromatic N) is 1. The third-order valence-corrected chi connectivity index (χ3v) is 6.22. The number of hydrogen-bond donors (Lipinski definition) is 1. The number of thioether (sulfide) groups is 1. The van der Waals surface area contributed by atoms with E-state index in [9.17, 15) is 14.0 Å². The summed E-state index contributed by atoms with van der Waals surface area (Å²) in [5.41, 5.74) is 2.22. The Hall–Kier alpha value is -2.38. The number of benzene rings is 2. The summed E-state index contributed by atoms with van der Waals surface area (Å²) in [6, 6.07) is 12.9. The molecule has 7 heteroatoms. The molecule has 3 rings (SSSR count). The number of aryl methyl sites for hydroxylation is 1. The van der Waals surface area contributed by atoms with Gasteiger partial charge in [0.1, 0.15) is 17.2 Å². The maximum absolute atomic E-state index is 13.4. The molecule has 0 saturated carbocycles. The molecule has 2 unspecified atom stereocenters. The minimum atomic E-state index is -0.593. The molecule has 154 valence electrons. The second kappa shape index (κ2) is 9.89. The Morgan fingerprint density at radius 3 is 2.62 bits per heavy atom. The zero-order chi connectivity index (χ0) is 20.8. The van der Waals surface area contributed by atoms with Crippen molar-refractivity contribution in [3.8, 4) is 0 Å². The summed E-state index contributed by atoms with van der Waals surface area (Å²) in [7, 11) is 1.62. The minimum absolute atomic E-state index is 0.180. The van der Waals surface area contributed by atoms with Crippen LogP contribution < -0.4 is 5.32 Å². The number of halogens is 1. The zero-order valence-electron chi connectivity index (χ0n) is 16.6. The van der Waals surface area contributed by atoms with E-state index in [0.717, 1.165) is 11.1 Å². The standard InChI is InChI=1S/C22H25FN2O3S/c1-15-6-3-4-7-18(15)21(27)25-19(20(26)24-12-5-13-28-2)14-29-22(25)16-8-10-17(23)11-9-16/h3-4,6-11,19,22H,5,12-14H2,1-2H3,(H,24,26). The van der Waals surface area contributed by atoms with E-state index in [1.807, 2.05) is 25.1 Å². The van der Waals surface area contributed by atoms with Crippen LogP contribution in [0.15, 0.2) is 48.5 Å². The van der Waals surface area contributed by atoms with Crippen LogP contribution in [0.3, 0.4) is 0 Å². The lowest BCUT2D eigenvalue weighted by atomic mass is 10.1. The van der Waals surface area contributed by atoms with Gasteiger partial charge in [-0.15, -0.1) is 11.8 Å². The average molecular weight is 417 g/mol. The Kier molecular flexibility index (Phi) is 7.28. The van der Waals surface area contributed by atoms with Gasteiger partial charge in [-0.2, -0.15) is 0 Å². The van der Waals surface area contributed by atoms with Gasteiger partial charge < -0.3 is 15.0 Å². The van der Waals surface area contributed by atoms with E-state index in [1.165, 1.54) is 23.9 Å². The number of ether oxygens (including phenoxy) is 1. The van der Waals surface area contributed by atoms with Crippen LogP contribution in [-0.2, 0) is 9.53 Å². The molecular weight excluding hydrogens is 391 g/mol. The van der Waals surface area contributed by atoms with Gasteiger partial charge in [-0.05, 0) is 42.7 Å². The van der Waals surface area contributed by atoms with Gasteiger partial charge in [0, 0.05) is 31.6 Å². The van der Waals surface area contributed by atoms with E-state index in [-0.39, 0.29) is 23.0 Å². The zero-order valence-corrected chi connectivity index (χ0v) is 17.4. The lowest BCUT2D eigenvalue weighted by molar-refractivity contribution is -0.124. The molecule has 1 aliphatic rings. The third-order valence-electron chi connectivity index (χ3n) is 4.89. The predicted octanol–water partition coefficient (Wildman–Crippen LogP) is 3.54. The fourth-order valence-corrected chi connectivity index (χ4v) is 4.77. The largest absolute Gasteiger partial charge is 0.385 e. The average Bonchev–Trinajstić information content (AvgIpc) is 3.16. The second-order valence-corrected chi connectivity index (χ2v) is 8.03. The second-order valence-electron chi connectivity index (χ2n) is 6.92. The first-order valence-electron chi connectivity index (χ1n) is 9.55. The molecule has 1 N–H and O–H groups in total. The van der Waals surface area contributed by atoms with Gasteiger partial charge >= 0.3 is 0 Å². The molecule has 2 amide bonds. The van der Waals surface area contributed by atoms with E-state index in [4.69, 9.17) is 4.74 Å². The number of carbonyl (C=O) groups excluding carboxylic acids is 2. The van der Waals surface area contributed by atoms with Crippen molar-refractivity contribution in [1.29, 1.82) is 0 Å². The molecule has 29 heavy (non-hydrogen) atoms. The van der Waals surface area contributed by atoms with E-state index in [2.05, 4.69) is 5.32 Å². The summed E-state index contributed by atoms with van der Waals surface area (Å²) >= 11 is 1.52. The Balaban J connectivity index is 1.87. The molecule has 2 atom stereocenters. The predicted molar refractivity (Wildman–Crippen MR) is 112 cm³/mol. The Labute approximate surface area is 174 Å². The number of hydrogen-bond acceptors (Lipinski definition) is 4. The van der Waals surface area contributed by atoms with Crippen molar-refractivity contribution in [2.24, 2.45) is 0 Å². The Morgan fingerprint density at radius 2 is 1.93 bits per heavy atom.